The second-order valence-electron chi connectivity index (χ2n) is 12.0. The van der Waals surface area contributed by atoms with Gasteiger partial charge >= 0.3 is 0 Å². The number of carbonyl (C=O) groups excluding carboxylic acids is 1. The first-order valence-electron chi connectivity index (χ1n) is 16.1. The molecule has 0 N–H and O–H groups in total. The molecule has 0 saturated carbocycles. The zero-order valence-corrected chi connectivity index (χ0v) is 26.0. The highest BCUT2D eigenvalue weighted by Gasteiger charge is 2.21. The molecule has 2 aromatic carbocycles. The molecule has 41 heavy (non-hydrogen) atoms. The van der Waals surface area contributed by atoms with E-state index in [2.05, 4.69) is 23.6 Å². The van der Waals surface area contributed by atoms with Gasteiger partial charge in [-0.2, -0.15) is 0 Å². The molecule has 4 rings (SSSR count). The molecule has 0 aromatic heterocycles. The smallest absolute Gasteiger partial charge is 0.219 e. The lowest BCUT2D eigenvalue weighted by Gasteiger charge is -2.34. The summed E-state index contributed by atoms with van der Waals surface area (Å²) in [4.78, 5) is 18.3. The quantitative estimate of drug-likeness (QED) is 0.241. The Hall–Kier alpha value is -2.57. The standard InChI is InChI=1S/C18H29NO.C17H26N2O2/c1-16-13-17(2)15-19(14-16)11-7-4-8-12-20-18-9-5-3-6-10-18;1-16(20)19-13-11-18(12-14-19)10-6-3-7-15-21-17-8-4-2-5-9-17/h3,5-6,9-10,16-17H,4,7-8,11-15H2,1-2H3;2,4-5,8-9H,3,6-7,10-15H2,1H3/t16-,17-;/m0./s1. The van der Waals surface area contributed by atoms with Crippen molar-refractivity contribution in [2.45, 2.75) is 65.7 Å². The van der Waals surface area contributed by atoms with Crippen LogP contribution in [0, 0.1) is 11.8 Å². The van der Waals surface area contributed by atoms with Gasteiger partial charge < -0.3 is 19.3 Å². The monoisotopic (exact) mass is 565 g/mol. The minimum absolute atomic E-state index is 0.202. The van der Waals surface area contributed by atoms with Crippen LogP contribution in [0.4, 0.5) is 0 Å². The minimum Gasteiger partial charge on any atom is -0.494 e. The molecule has 2 saturated heterocycles. The first-order valence-corrected chi connectivity index (χ1v) is 16.1. The topological polar surface area (TPSA) is 45.2 Å². The molecule has 0 aliphatic carbocycles. The third-order valence-electron chi connectivity index (χ3n) is 8.02. The van der Waals surface area contributed by atoms with Crippen molar-refractivity contribution in [3.8, 4) is 11.5 Å². The Bertz CT molecular complexity index is 924. The van der Waals surface area contributed by atoms with Crippen LogP contribution in [0.2, 0.25) is 0 Å². The van der Waals surface area contributed by atoms with E-state index in [9.17, 15) is 4.79 Å². The predicted octanol–water partition coefficient (Wildman–Crippen LogP) is 6.61. The largest absolute Gasteiger partial charge is 0.494 e. The molecule has 2 aliphatic heterocycles. The van der Waals surface area contributed by atoms with Gasteiger partial charge in [-0.05, 0) is 94.1 Å². The van der Waals surface area contributed by atoms with Crippen molar-refractivity contribution in [1.82, 2.24) is 14.7 Å². The number of carbonyl (C=O) groups is 1. The lowest BCUT2D eigenvalue weighted by atomic mass is 9.92. The Labute approximate surface area is 250 Å². The van der Waals surface area contributed by atoms with E-state index < -0.39 is 0 Å². The molecule has 2 heterocycles. The van der Waals surface area contributed by atoms with E-state index in [1.807, 2.05) is 65.6 Å². The molecule has 2 atom stereocenters. The van der Waals surface area contributed by atoms with Gasteiger partial charge in [-0.25, -0.2) is 0 Å². The average molecular weight is 566 g/mol. The van der Waals surface area contributed by atoms with Crippen molar-refractivity contribution in [2.24, 2.45) is 11.8 Å². The van der Waals surface area contributed by atoms with Crippen LogP contribution in [0.1, 0.15) is 65.7 Å². The molecule has 2 aliphatic rings. The third kappa shape index (κ3) is 14.2. The van der Waals surface area contributed by atoms with Crippen LogP contribution >= 0.6 is 0 Å². The molecular formula is C35H55N3O3. The van der Waals surface area contributed by atoms with Crippen LogP contribution in [0.3, 0.4) is 0 Å². The normalized spacial score (nSPS) is 19.7. The average Bonchev–Trinajstić information content (AvgIpc) is 2.98. The van der Waals surface area contributed by atoms with Gasteiger partial charge in [-0.15, -0.1) is 0 Å². The van der Waals surface area contributed by atoms with Crippen molar-refractivity contribution >= 4 is 5.91 Å². The van der Waals surface area contributed by atoms with E-state index in [-0.39, 0.29) is 5.91 Å². The van der Waals surface area contributed by atoms with Crippen molar-refractivity contribution in [2.75, 3.05) is 65.6 Å². The molecule has 1 amide bonds. The van der Waals surface area contributed by atoms with Gasteiger partial charge in [0.1, 0.15) is 11.5 Å². The van der Waals surface area contributed by atoms with Gasteiger partial charge in [0.05, 0.1) is 13.2 Å². The van der Waals surface area contributed by atoms with Gasteiger partial charge in [0.25, 0.3) is 0 Å². The Kier molecular flexibility index (Phi) is 15.7. The first-order chi connectivity index (χ1) is 20.0. The highest BCUT2D eigenvalue weighted by molar-refractivity contribution is 5.73. The highest BCUT2D eigenvalue weighted by atomic mass is 16.5. The van der Waals surface area contributed by atoms with Crippen LogP contribution in [0.25, 0.3) is 0 Å². The van der Waals surface area contributed by atoms with Gasteiger partial charge in [0, 0.05) is 46.2 Å². The lowest BCUT2D eigenvalue weighted by Crippen LogP contribution is -2.48. The van der Waals surface area contributed by atoms with E-state index in [1.54, 1.807) is 6.92 Å². The van der Waals surface area contributed by atoms with Crippen LogP contribution in [0.15, 0.2) is 60.7 Å². The molecule has 2 fully saturated rings. The number of hydrogen-bond acceptors (Lipinski definition) is 5. The molecular weight excluding hydrogens is 510 g/mol. The molecule has 0 unspecified atom stereocenters. The Morgan fingerprint density at radius 3 is 1.59 bits per heavy atom. The Morgan fingerprint density at radius 1 is 0.659 bits per heavy atom. The number of likely N-dealkylation sites (tertiary alicyclic amines) is 1. The highest BCUT2D eigenvalue weighted by Crippen LogP contribution is 2.21. The maximum Gasteiger partial charge on any atom is 0.219 e. The van der Waals surface area contributed by atoms with E-state index in [4.69, 9.17) is 9.47 Å². The van der Waals surface area contributed by atoms with Gasteiger partial charge in [-0.3, -0.25) is 9.69 Å². The number of piperazine rings is 1. The van der Waals surface area contributed by atoms with Gasteiger partial charge in [-0.1, -0.05) is 50.2 Å². The first kappa shape index (κ1) is 32.9. The molecule has 0 spiro atoms. The number of nitrogens with zero attached hydrogens (tertiary/aromatic N) is 3. The summed E-state index contributed by atoms with van der Waals surface area (Å²) < 4.78 is 11.4. The molecule has 228 valence electrons. The number of amides is 1. The van der Waals surface area contributed by atoms with Crippen LogP contribution in [-0.4, -0.2) is 86.2 Å². The summed E-state index contributed by atoms with van der Waals surface area (Å²) in [6.07, 6.45) is 8.64. The molecule has 2 aromatic rings. The minimum atomic E-state index is 0.202. The summed E-state index contributed by atoms with van der Waals surface area (Å²) in [6, 6.07) is 20.1. The van der Waals surface area contributed by atoms with E-state index in [0.29, 0.717) is 0 Å². The lowest BCUT2D eigenvalue weighted by molar-refractivity contribution is -0.130. The number of ether oxygens (including phenoxy) is 2. The van der Waals surface area contributed by atoms with Crippen molar-refractivity contribution in [3.63, 3.8) is 0 Å². The molecule has 6 nitrogen and oxygen atoms in total. The summed E-state index contributed by atoms with van der Waals surface area (Å²) in [7, 11) is 0. The fourth-order valence-corrected chi connectivity index (χ4v) is 5.90. The van der Waals surface area contributed by atoms with E-state index >= 15 is 0 Å². The molecule has 0 radical (unpaired) electrons. The summed E-state index contributed by atoms with van der Waals surface area (Å²) in [5.41, 5.74) is 0. The summed E-state index contributed by atoms with van der Waals surface area (Å²) in [5, 5.41) is 0. The molecule has 6 heteroatoms. The summed E-state index contributed by atoms with van der Waals surface area (Å²) >= 11 is 0. The second-order valence-corrected chi connectivity index (χ2v) is 12.0. The third-order valence-corrected chi connectivity index (χ3v) is 8.02. The van der Waals surface area contributed by atoms with Gasteiger partial charge in [0.15, 0.2) is 0 Å². The maximum absolute atomic E-state index is 11.2. The van der Waals surface area contributed by atoms with E-state index in [0.717, 1.165) is 82.1 Å². The fourth-order valence-electron chi connectivity index (χ4n) is 5.90. The SMILES string of the molecule is CC(=O)N1CCN(CCCCCOc2ccccc2)CC1.C[C@H]1C[C@H](C)CN(CCCCCOc2ccccc2)C1. The predicted molar refractivity (Wildman–Crippen MR) is 170 cm³/mol. The number of hydrogen-bond donors (Lipinski definition) is 0. The maximum atomic E-state index is 11.2. The van der Waals surface area contributed by atoms with E-state index in [1.165, 1.54) is 51.7 Å². The summed E-state index contributed by atoms with van der Waals surface area (Å²) in [6.45, 7) is 16.8. The van der Waals surface area contributed by atoms with Crippen molar-refractivity contribution in [1.29, 1.82) is 0 Å². The van der Waals surface area contributed by atoms with Crippen molar-refractivity contribution < 1.29 is 14.3 Å². The van der Waals surface area contributed by atoms with Crippen LogP contribution < -0.4 is 9.47 Å². The number of piperidine rings is 1. The van der Waals surface area contributed by atoms with Gasteiger partial charge in [0.2, 0.25) is 5.91 Å². The second kappa shape index (κ2) is 19.5. The summed E-state index contributed by atoms with van der Waals surface area (Å²) in [5.74, 6) is 3.90. The van der Waals surface area contributed by atoms with Crippen LogP contribution in [0.5, 0.6) is 11.5 Å². The van der Waals surface area contributed by atoms with Crippen LogP contribution in [-0.2, 0) is 4.79 Å². The number of unbranched alkanes of at least 4 members (excludes halogenated alkanes) is 4. The number of para-hydroxylation sites is 2. The van der Waals surface area contributed by atoms with Crippen molar-refractivity contribution in [3.05, 3.63) is 60.7 Å². The fraction of sp³-hybridized carbons (Fsp3) is 0.629. The number of rotatable bonds is 14. The zero-order valence-electron chi connectivity index (χ0n) is 26.0. The zero-order chi connectivity index (χ0) is 29.1. The Balaban J connectivity index is 0.000000226. The Morgan fingerprint density at radius 2 is 1.12 bits per heavy atom. The molecule has 0 bridgehead atoms. The number of benzene rings is 2.